The molecule has 0 spiro atoms. The highest BCUT2D eigenvalue weighted by molar-refractivity contribution is 6.15. The minimum absolute atomic E-state index is 0.0378. The van der Waals surface area contributed by atoms with Crippen molar-refractivity contribution in [1.82, 2.24) is 4.90 Å². The maximum atomic E-state index is 13.1. The second kappa shape index (κ2) is 7.94. The summed E-state index contributed by atoms with van der Waals surface area (Å²) in [5.74, 6) is -1.55. The lowest BCUT2D eigenvalue weighted by molar-refractivity contribution is -0.151. The third-order valence-corrected chi connectivity index (χ3v) is 5.23. The zero-order valence-electron chi connectivity index (χ0n) is 16.0. The number of likely N-dealkylation sites (tertiary alicyclic amines) is 1. The average molecular weight is 381 g/mol. The number of aliphatic carboxylic acids is 1. The standard InChI is InChI=1S/C22H23NO5/c1-15-7-9-16(10-8-15)19(24)17-5-3-4-6-18(17)20(25)23-12-11-22(13-23,14-28-2)21(26)27/h3-10H,11-14H2,1-2H3,(H,26,27). The van der Waals surface area contributed by atoms with Crippen molar-refractivity contribution in [2.45, 2.75) is 13.3 Å². The Hall–Kier alpha value is -2.99. The van der Waals surface area contributed by atoms with Gasteiger partial charge in [-0.15, -0.1) is 0 Å². The first-order valence-corrected chi connectivity index (χ1v) is 9.10. The lowest BCUT2D eigenvalue weighted by atomic mass is 9.88. The number of carbonyl (C=O) groups is 3. The van der Waals surface area contributed by atoms with Gasteiger partial charge in [-0.1, -0.05) is 48.0 Å². The number of carboxylic acid groups (broad SMARTS) is 1. The van der Waals surface area contributed by atoms with Crippen LogP contribution < -0.4 is 0 Å². The third kappa shape index (κ3) is 3.68. The minimum Gasteiger partial charge on any atom is -0.481 e. The van der Waals surface area contributed by atoms with Crippen molar-refractivity contribution >= 4 is 17.7 Å². The van der Waals surface area contributed by atoms with Crippen molar-refractivity contribution in [2.75, 3.05) is 26.8 Å². The molecule has 1 heterocycles. The molecule has 1 saturated heterocycles. The topological polar surface area (TPSA) is 83.9 Å². The maximum absolute atomic E-state index is 13.1. The SMILES string of the molecule is COCC1(C(=O)O)CCN(C(=O)c2ccccc2C(=O)c2ccc(C)cc2)C1. The summed E-state index contributed by atoms with van der Waals surface area (Å²) in [5, 5.41) is 9.61. The minimum atomic E-state index is -1.11. The van der Waals surface area contributed by atoms with Gasteiger partial charge in [-0.05, 0) is 19.4 Å². The molecule has 0 bridgehead atoms. The number of methoxy groups -OCH3 is 1. The van der Waals surface area contributed by atoms with Crippen LogP contribution in [0.25, 0.3) is 0 Å². The van der Waals surface area contributed by atoms with E-state index in [9.17, 15) is 19.5 Å². The first-order chi connectivity index (χ1) is 13.4. The van der Waals surface area contributed by atoms with Crippen LogP contribution in [0.1, 0.15) is 38.3 Å². The molecule has 1 N–H and O–H groups in total. The van der Waals surface area contributed by atoms with E-state index in [2.05, 4.69) is 0 Å². The van der Waals surface area contributed by atoms with Crippen LogP contribution in [-0.2, 0) is 9.53 Å². The quantitative estimate of drug-likeness (QED) is 0.778. The molecule has 0 saturated carbocycles. The largest absolute Gasteiger partial charge is 0.481 e. The summed E-state index contributed by atoms with van der Waals surface area (Å²) in [4.78, 5) is 39.3. The van der Waals surface area contributed by atoms with Gasteiger partial charge >= 0.3 is 5.97 Å². The molecular formula is C22H23NO5. The van der Waals surface area contributed by atoms with Gasteiger partial charge in [0.2, 0.25) is 0 Å². The predicted octanol–water partition coefficient (Wildman–Crippen LogP) is 2.79. The van der Waals surface area contributed by atoms with Gasteiger partial charge in [-0.2, -0.15) is 0 Å². The van der Waals surface area contributed by atoms with Crippen LogP contribution in [0.5, 0.6) is 0 Å². The van der Waals surface area contributed by atoms with E-state index in [-0.39, 0.29) is 30.4 Å². The van der Waals surface area contributed by atoms with Gasteiger partial charge in [-0.3, -0.25) is 14.4 Å². The first kappa shape index (κ1) is 19.8. The predicted molar refractivity (Wildman–Crippen MR) is 104 cm³/mol. The molecule has 146 valence electrons. The number of carbonyl (C=O) groups excluding carboxylic acids is 2. The number of nitrogens with zero attached hydrogens (tertiary/aromatic N) is 1. The van der Waals surface area contributed by atoms with Crippen molar-refractivity contribution < 1.29 is 24.2 Å². The number of rotatable bonds is 6. The molecule has 0 aromatic heterocycles. The van der Waals surface area contributed by atoms with E-state index in [1.54, 1.807) is 36.4 Å². The van der Waals surface area contributed by atoms with E-state index in [4.69, 9.17) is 4.74 Å². The van der Waals surface area contributed by atoms with Crippen LogP contribution in [0, 0.1) is 12.3 Å². The van der Waals surface area contributed by atoms with Crippen molar-refractivity contribution in [3.8, 4) is 0 Å². The fourth-order valence-corrected chi connectivity index (χ4v) is 3.57. The summed E-state index contributed by atoms with van der Waals surface area (Å²) in [6.07, 6.45) is 0.315. The Bertz CT molecular complexity index is 905. The van der Waals surface area contributed by atoms with Crippen LogP contribution >= 0.6 is 0 Å². The molecule has 2 aromatic rings. The maximum Gasteiger partial charge on any atom is 0.313 e. The number of aryl methyl sites for hydroxylation is 1. The van der Waals surface area contributed by atoms with E-state index in [1.165, 1.54) is 12.0 Å². The fraction of sp³-hybridized carbons (Fsp3) is 0.318. The van der Waals surface area contributed by atoms with Crippen LogP contribution in [0.3, 0.4) is 0 Å². The van der Waals surface area contributed by atoms with Gasteiger partial charge < -0.3 is 14.7 Å². The molecule has 6 heteroatoms. The number of amides is 1. The van der Waals surface area contributed by atoms with Gasteiger partial charge in [0.1, 0.15) is 5.41 Å². The number of ketones is 1. The van der Waals surface area contributed by atoms with Gasteiger partial charge in [0.05, 0.1) is 12.2 Å². The molecule has 1 fully saturated rings. The normalized spacial score (nSPS) is 18.9. The van der Waals surface area contributed by atoms with E-state index in [0.717, 1.165) is 5.56 Å². The highest BCUT2D eigenvalue weighted by Crippen LogP contribution is 2.32. The number of carboxylic acids is 1. The van der Waals surface area contributed by atoms with Crippen molar-refractivity contribution in [3.63, 3.8) is 0 Å². The Labute approximate surface area is 163 Å². The van der Waals surface area contributed by atoms with Crippen molar-refractivity contribution in [3.05, 3.63) is 70.8 Å². The zero-order chi connectivity index (χ0) is 20.3. The number of hydrogen-bond acceptors (Lipinski definition) is 4. The van der Waals surface area contributed by atoms with Crippen LogP contribution in [0.15, 0.2) is 48.5 Å². The van der Waals surface area contributed by atoms with Gasteiger partial charge in [0.15, 0.2) is 5.78 Å². The summed E-state index contributed by atoms with van der Waals surface area (Å²) in [5.41, 5.74) is 1.04. The first-order valence-electron chi connectivity index (χ1n) is 9.10. The number of ether oxygens (including phenoxy) is 1. The van der Waals surface area contributed by atoms with Gasteiger partial charge in [-0.25, -0.2) is 0 Å². The second-order valence-corrected chi connectivity index (χ2v) is 7.24. The van der Waals surface area contributed by atoms with E-state index in [0.29, 0.717) is 24.1 Å². The molecule has 3 rings (SSSR count). The lowest BCUT2D eigenvalue weighted by Crippen LogP contribution is -2.40. The zero-order valence-corrected chi connectivity index (χ0v) is 16.0. The average Bonchev–Trinajstić information content (AvgIpc) is 3.13. The van der Waals surface area contributed by atoms with Crippen LogP contribution in [-0.4, -0.2) is 54.5 Å². The number of benzene rings is 2. The summed E-state index contributed by atoms with van der Waals surface area (Å²) >= 11 is 0. The molecule has 0 aliphatic carbocycles. The van der Waals surface area contributed by atoms with Crippen LogP contribution in [0.2, 0.25) is 0 Å². The Morgan fingerprint density at radius 1 is 1.07 bits per heavy atom. The Kier molecular flexibility index (Phi) is 5.61. The molecule has 1 unspecified atom stereocenters. The van der Waals surface area contributed by atoms with Crippen molar-refractivity contribution in [2.24, 2.45) is 5.41 Å². The molecule has 0 radical (unpaired) electrons. The molecular weight excluding hydrogens is 358 g/mol. The third-order valence-electron chi connectivity index (χ3n) is 5.23. The second-order valence-electron chi connectivity index (χ2n) is 7.24. The van der Waals surface area contributed by atoms with Gasteiger partial charge in [0, 0.05) is 31.3 Å². The Morgan fingerprint density at radius 2 is 1.71 bits per heavy atom. The smallest absolute Gasteiger partial charge is 0.313 e. The van der Waals surface area contributed by atoms with E-state index >= 15 is 0 Å². The van der Waals surface area contributed by atoms with Crippen LogP contribution in [0.4, 0.5) is 0 Å². The summed E-state index contributed by atoms with van der Waals surface area (Å²) in [7, 11) is 1.45. The molecule has 1 aliphatic heterocycles. The fourth-order valence-electron chi connectivity index (χ4n) is 3.57. The highest BCUT2D eigenvalue weighted by atomic mass is 16.5. The Morgan fingerprint density at radius 3 is 2.32 bits per heavy atom. The van der Waals surface area contributed by atoms with E-state index < -0.39 is 11.4 Å². The number of hydrogen-bond donors (Lipinski definition) is 1. The van der Waals surface area contributed by atoms with Crippen molar-refractivity contribution in [1.29, 1.82) is 0 Å². The molecule has 1 atom stereocenters. The van der Waals surface area contributed by atoms with Gasteiger partial charge in [0.25, 0.3) is 5.91 Å². The molecule has 28 heavy (non-hydrogen) atoms. The molecule has 1 amide bonds. The highest BCUT2D eigenvalue weighted by Gasteiger charge is 2.46. The monoisotopic (exact) mass is 381 g/mol. The Balaban J connectivity index is 1.89. The molecule has 6 nitrogen and oxygen atoms in total. The summed E-state index contributed by atoms with van der Waals surface area (Å²) in [6.45, 7) is 2.34. The summed E-state index contributed by atoms with van der Waals surface area (Å²) in [6, 6.07) is 13.8. The van der Waals surface area contributed by atoms with E-state index in [1.807, 2.05) is 19.1 Å². The summed E-state index contributed by atoms with van der Waals surface area (Å²) < 4.78 is 5.08. The lowest BCUT2D eigenvalue weighted by Gasteiger charge is -2.24. The molecule has 2 aromatic carbocycles. The molecule has 1 aliphatic rings.